The van der Waals surface area contributed by atoms with Crippen LogP contribution in [-0.4, -0.2) is 9.13 Å². The lowest BCUT2D eigenvalue weighted by atomic mass is 10.1. The maximum Gasteiger partial charge on any atom is 0.0541 e. The molecule has 0 saturated heterocycles. The average molecular weight is 901 g/mol. The number of para-hydroxylation sites is 2. The fourth-order valence-electron chi connectivity index (χ4n) is 10.3. The van der Waals surface area contributed by atoms with Crippen LogP contribution in [-0.2, 0) is 0 Å². The van der Waals surface area contributed by atoms with Crippen molar-refractivity contribution in [2.45, 2.75) is 27.7 Å². The minimum Gasteiger partial charge on any atom is -0.311 e. The van der Waals surface area contributed by atoms with Gasteiger partial charge in [0.15, 0.2) is 0 Å². The van der Waals surface area contributed by atoms with Crippen LogP contribution in [0.4, 0.5) is 34.1 Å². The van der Waals surface area contributed by atoms with Gasteiger partial charge in [0.2, 0.25) is 0 Å². The second kappa shape index (κ2) is 17.7. The van der Waals surface area contributed by atoms with Crippen LogP contribution in [0.3, 0.4) is 0 Å². The van der Waals surface area contributed by atoms with Crippen molar-refractivity contribution in [1.29, 1.82) is 0 Å². The van der Waals surface area contributed by atoms with Gasteiger partial charge in [-0.1, -0.05) is 119 Å². The number of rotatable bonds is 10. The Hall–Kier alpha value is -8.86. The van der Waals surface area contributed by atoms with E-state index in [9.17, 15) is 0 Å². The molecule has 0 amide bonds. The highest BCUT2D eigenvalue weighted by Crippen LogP contribution is 2.40. The van der Waals surface area contributed by atoms with Crippen LogP contribution in [0.5, 0.6) is 0 Å². The van der Waals surface area contributed by atoms with Crippen molar-refractivity contribution < 1.29 is 0 Å². The van der Waals surface area contributed by atoms with Crippen molar-refractivity contribution in [1.82, 2.24) is 9.13 Å². The molecule has 10 aromatic carbocycles. The summed E-state index contributed by atoms with van der Waals surface area (Å²) in [6.07, 6.45) is 4.39. The summed E-state index contributed by atoms with van der Waals surface area (Å²) < 4.78 is 4.78. The van der Waals surface area contributed by atoms with Gasteiger partial charge in [0.1, 0.15) is 0 Å². The summed E-state index contributed by atoms with van der Waals surface area (Å²) >= 11 is 0. The van der Waals surface area contributed by atoms with E-state index in [0.29, 0.717) is 0 Å². The Kier molecular flexibility index (Phi) is 10.7. The van der Waals surface area contributed by atoms with Crippen LogP contribution < -0.4 is 9.80 Å². The van der Waals surface area contributed by atoms with E-state index < -0.39 is 0 Å². The maximum absolute atomic E-state index is 2.39. The Morgan fingerprint density at radius 2 is 0.529 bits per heavy atom. The van der Waals surface area contributed by atoms with E-state index in [0.717, 1.165) is 56.6 Å². The minimum absolute atomic E-state index is 1.09. The normalized spacial score (nSPS) is 11.7. The number of benzene rings is 10. The van der Waals surface area contributed by atoms with Gasteiger partial charge in [-0.3, -0.25) is 0 Å². The zero-order valence-electron chi connectivity index (χ0n) is 39.9. The highest BCUT2D eigenvalue weighted by molar-refractivity contribution is 6.11. The quantitative estimate of drug-likeness (QED) is 0.127. The summed E-state index contributed by atoms with van der Waals surface area (Å²) in [5.41, 5.74) is 21.1. The molecule has 0 aliphatic carbocycles. The Morgan fingerprint density at radius 1 is 0.271 bits per heavy atom. The fourth-order valence-corrected chi connectivity index (χ4v) is 10.3. The zero-order valence-corrected chi connectivity index (χ0v) is 39.9. The van der Waals surface area contributed by atoms with E-state index in [4.69, 9.17) is 0 Å². The molecule has 0 bridgehead atoms. The summed E-state index contributed by atoms with van der Waals surface area (Å²) in [7, 11) is 0. The third-order valence-electron chi connectivity index (χ3n) is 13.7. The molecule has 0 aliphatic heterocycles. The molecule has 0 atom stereocenters. The highest BCUT2D eigenvalue weighted by Gasteiger charge is 2.18. The Morgan fingerprint density at radius 3 is 0.814 bits per heavy atom. The largest absolute Gasteiger partial charge is 0.311 e. The fraction of sp³-hybridized carbons (Fsp3) is 0.0606. The van der Waals surface area contributed by atoms with Crippen LogP contribution in [0.15, 0.2) is 231 Å². The topological polar surface area (TPSA) is 16.3 Å². The maximum atomic E-state index is 2.39. The van der Waals surface area contributed by atoms with Gasteiger partial charge < -0.3 is 18.9 Å². The average Bonchev–Trinajstić information content (AvgIpc) is 3.88. The minimum atomic E-state index is 1.09. The van der Waals surface area contributed by atoms with Gasteiger partial charge in [-0.05, 0) is 184 Å². The molecule has 336 valence electrons. The first kappa shape index (κ1) is 42.5. The first-order valence-electron chi connectivity index (χ1n) is 24.2. The molecule has 4 nitrogen and oxygen atoms in total. The van der Waals surface area contributed by atoms with Gasteiger partial charge in [-0.25, -0.2) is 0 Å². The molecule has 0 saturated carbocycles. The van der Waals surface area contributed by atoms with E-state index in [-0.39, 0.29) is 0 Å². The number of aromatic nitrogens is 2. The number of fused-ring (bicyclic) bond motifs is 6. The number of aryl methyl sites for hydroxylation is 4. The van der Waals surface area contributed by atoms with Crippen molar-refractivity contribution in [3.8, 4) is 11.4 Å². The number of anilines is 6. The van der Waals surface area contributed by atoms with Crippen molar-refractivity contribution in [2.75, 3.05) is 9.80 Å². The van der Waals surface area contributed by atoms with Gasteiger partial charge in [-0.2, -0.15) is 0 Å². The molecule has 12 rings (SSSR count). The van der Waals surface area contributed by atoms with Gasteiger partial charge in [-0.15, -0.1) is 0 Å². The summed E-state index contributed by atoms with van der Waals surface area (Å²) in [4.78, 5) is 4.65. The molecule has 0 fully saturated rings. The van der Waals surface area contributed by atoms with Gasteiger partial charge >= 0.3 is 0 Å². The predicted molar refractivity (Wildman–Crippen MR) is 299 cm³/mol. The number of nitrogens with zero attached hydrogens (tertiary/aromatic N) is 4. The van der Waals surface area contributed by atoms with E-state index in [1.165, 1.54) is 65.9 Å². The molecule has 0 radical (unpaired) electrons. The van der Waals surface area contributed by atoms with Gasteiger partial charge in [0, 0.05) is 67.0 Å². The molecule has 4 heteroatoms. The molecule has 70 heavy (non-hydrogen) atoms. The Bertz CT molecular complexity index is 3500. The van der Waals surface area contributed by atoms with Crippen LogP contribution >= 0.6 is 0 Å². The summed E-state index contributed by atoms with van der Waals surface area (Å²) in [5.74, 6) is 0. The van der Waals surface area contributed by atoms with Crippen LogP contribution in [0.2, 0.25) is 0 Å². The van der Waals surface area contributed by atoms with E-state index in [2.05, 4.69) is 289 Å². The van der Waals surface area contributed by atoms with Crippen molar-refractivity contribution in [2.24, 2.45) is 0 Å². The molecular weight excluding hydrogens is 849 g/mol. The van der Waals surface area contributed by atoms with Crippen LogP contribution in [0.1, 0.15) is 33.4 Å². The highest BCUT2D eigenvalue weighted by atomic mass is 15.1. The van der Waals surface area contributed by atoms with E-state index in [1.54, 1.807) is 0 Å². The molecule has 2 heterocycles. The van der Waals surface area contributed by atoms with Crippen molar-refractivity contribution >= 4 is 89.9 Å². The predicted octanol–water partition coefficient (Wildman–Crippen LogP) is 18.2. The molecule has 0 aliphatic rings. The monoisotopic (exact) mass is 900 g/mol. The first-order valence-corrected chi connectivity index (χ1v) is 24.2. The lowest BCUT2D eigenvalue weighted by molar-refractivity contribution is 1.17. The van der Waals surface area contributed by atoms with Gasteiger partial charge in [0.25, 0.3) is 0 Å². The second-order valence-corrected chi connectivity index (χ2v) is 18.6. The summed E-state index contributed by atoms with van der Waals surface area (Å²) in [6.45, 7) is 8.68. The summed E-state index contributed by atoms with van der Waals surface area (Å²) in [6, 6.07) is 83.9. The molecule has 0 unspecified atom stereocenters. The second-order valence-electron chi connectivity index (χ2n) is 18.6. The zero-order chi connectivity index (χ0) is 47.3. The molecule has 0 N–H and O–H groups in total. The standard InChI is InChI=1S/C66H52N4/c1-45-15-37-63-59(41-45)60-42-46(2)16-38-64(60)69(63)57-33-29-55(30-34-57)67(51-11-7-5-8-12-51)53-25-21-49(22-26-53)19-20-50-23-27-54(28-24-50)68(52-13-9-6-10-14-52)56-31-35-58(36-32-56)70-65-39-17-47(3)43-61(65)62-44-48(4)18-40-66(62)70/h5-44H,1-4H3/b20-19+. The SMILES string of the molecule is Cc1ccc2c(c1)c1cc(C)ccc1n2-c1ccc(N(c2ccccc2)c2ccc(/C=C/c3ccc(N(c4ccccc4)c4ccc(-n5c6ccc(C)cc6c6cc(C)ccc65)cc4)cc3)cc2)cc1. The molecular formula is C66H52N4. The lowest BCUT2D eigenvalue weighted by Gasteiger charge is -2.26. The van der Waals surface area contributed by atoms with Gasteiger partial charge in [0.05, 0.1) is 22.1 Å². The van der Waals surface area contributed by atoms with E-state index >= 15 is 0 Å². The number of hydrogen-bond donors (Lipinski definition) is 0. The lowest BCUT2D eigenvalue weighted by Crippen LogP contribution is -2.10. The van der Waals surface area contributed by atoms with Crippen LogP contribution in [0.25, 0.3) is 67.1 Å². The first-order chi connectivity index (χ1) is 34.3. The third kappa shape index (κ3) is 7.80. The van der Waals surface area contributed by atoms with Crippen molar-refractivity contribution in [3.63, 3.8) is 0 Å². The third-order valence-corrected chi connectivity index (χ3v) is 13.7. The Labute approximate surface area is 409 Å². The molecule has 0 spiro atoms. The smallest absolute Gasteiger partial charge is 0.0541 e. The Balaban J connectivity index is 0.808. The van der Waals surface area contributed by atoms with Crippen molar-refractivity contribution in [3.05, 3.63) is 264 Å². The molecule has 2 aromatic heterocycles. The molecule has 12 aromatic rings. The van der Waals surface area contributed by atoms with Crippen LogP contribution in [0, 0.1) is 27.7 Å². The summed E-state index contributed by atoms with van der Waals surface area (Å²) in [5, 5.41) is 5.14. The number of hydrogen-bond acceptors (Lipinski definition) is 2. The van der Waals surface area contributed by atoms with E-state index in [1.807, 2.05) is 0 Å².